The molecule has 6 heteroatoms. The molecule has 20 heavy (non-hydrogen) atoms. The zero-order valence-electron chi connectivity index (χ0n) is 11.1. The van der Waals surface area contributed by atoms with Crippen LogP contribution in [0.5, 0.6) is 0 Å². The van der Waals surface area contributed by atoms with Gasteiger partial charge in [-0.3, -0.25) is 4.79 Å². The second kappa shape index (κ2) is 7.27. The van der Waals surface area contributed by atoms with E-state index in [-0.39, 0.29) is 17.7 Å². The third-order valence-corrected chi connectivity index (χ3v) is 4.48. The number of carbonyl (C=O) groups is 1. The van der Waals surface area contributed by atoms with Crippen LogP contribution in [0.15, 0.2) is 18.2 Å². The Morgan fingerprint density at radius 2 is 2.05 bits per heavy atom. The Bertz CT molecular complexity index is 480. The van der Waals surface area contributed by atoms with E-state index < -0.39 is 0 Å². The summed E-state index contributed by atoms with van der Waals surface area (Å²) in [6.07, 6.45) is 4.00. The van der Waals surface area contributed by atoms with E-state index in [1.165, 1.54) is 0 Å². The standard InChI is InChI=1S/C14H18Cl2N2O2/c15-12-6-5-10(7-13(12)16)18-14(19)11-4-2-1-3-9(11)8-20-17/h5-7,9,11H,1-4,8,17H2,(H,18,19). The summed E-state index contributed by atoms with van der Waals surface area (Å²) >= 11 is 11.8. The van der Waals surface area contributed by atoms with Crippen molar-refractivity contribution in [1.82, 2.24) is 0 Å². The van der Waals surface area contributed by atoms with Crippen LogP contribution in [0.2, 0.25) is 10.0 Å². The SMILES string of the molecule is NOCC1CCCCC1C(=O)Nc1ccc(Cl)c(Cl)c1. The number of nitrogens with two attached hydrogens (primary N) is 1. The summed E-state index contributed by atoms with van der Waals surface area (Å²) in [5.41, 5.74) is 0.655. The van der Waals surface area contributed by atoms with Crippen LogP contribution in [-0.2, 0) is 9.63 Å². The molecule has 1 saturated carbocycles. The largest absolute Gasteiger partial charge is 0.326 e. The smallest absolute Gasteiger partial charge is 0.227 e. The van der Waals surface area contributed by atoms with E-state index in [1.807, 2.05) is 0 Å². The van der Waals surface area contributed by atoms with Crippen molar-refractivity contribution in [3.63, 3.8) is 0 Å². The van der Waals surface area contributed by atoms with Gasteiger partial charge >= 0.3 is 0 Å². The minimum Gasteiger partial charge on any atom is -0.326 e. The first-order valence-electron chi connectivity index (χ1n) is 6.69. The number of nitrogens with one attached hydrogen (secondary N) is 1. The number of carbonyl (C=O) groups excluding carboxylic acids is 1. The predicted octanol–water partition coefficient (Wildman–Crippen LogP) is 3.63. The summed E-state index contributed by atoms with van der Waals surface area (Å²) in [4.78, 5) is 17.1. The molecule has 0 aliphatic heterocycles. The van der Waals surface area contributed by atoms with Gasteiger partial charge in [-0.05, 0) is 37.0 Å². The number of benzene rings is 1. The molecule has 0 bridgehead atoms. The molecular weight excluding hydrogens is 299 g/mol. The van der Waals surface area contributed by atoms with Crippen molar-refractivity contribution in [2.45, 2.75) is 25.7 Å². The van der Waals surface area contributed by atoms with E-state index in [0.29, 0.717) is 22.3 Å². The molecule has 3 N–H and O–H groups in total. The first-order valence-corrected chi connectivity index (χ1v) is 7.45. The molecule has 0 saturated heterocycles. The van der Waals surface area contributed by atoms with Crippen molar-refractivity contribution in [1.29, 1.82) is 0 Å². The van der Waals surface area contributed by atoms with Crippen LogP contribution in [0.4, 0.5) is 5.69 Å². The van der Waals surface area contributed by atoms with E-state index >= 15 is 0 Å². The molecule has 0 radical (unpaired) electrons. The lowest BCUT2D eigenvalue weighted by Crippen LogP contribution is -2.34. The maximum Gasteiger partial charge on any atom is 0.227 e. The summed E-state index contributed by atoms with van der Waals surface area (Å²) in [6, 6.07) is 5.06. The van der Waals surface area contributed by atoms with E-state index in [2.05, 4.69) is 5.32 Å². The minimum atomic E-state index is -0.0678. The summed E-state index contributed by atoms with van der Waals surface area (Å²) in [5, 5.41) is 3.78. The Labute approximate surface area is 128 Å². The van der Waals surface area contributed by atoms with Gasteiger partial charge in [-0.25, -0.2) is 5.90 Å². The molecule has 2 unspecified atom stereocenters. The molecule has 1 fully saturated rings. The Morgan fingerprint density at radius 1 is 1.30 bits per heavy atom. The topological polar surface area (TPSA) is 64.3 Å². The highest BCUT2D eigenvalue weighted by Crippen LogP contribution is 2.32. The van der Waals surface area contributed by atoms with Gasteiger partial charge in [0, 0.05) is 11.6 Å². The van der Waals surface area contributed by atoms with Crippen LogP contribution < -0.4 is 11.2 Å². The Morgan fingerprint density at radius 3 is 2.75 bits per heavy atom. The van der Waals surface area contributed by atoms with Gasteiger partial charge in [0.25, 0.3) is 0 Å². The number of anilines is 1. The normalized spacial score (nSPS) is 22.6. The van der Waals surface area contributed by atoms with Crippen LogP contribution in [-0.4, -0.2) is 12.5 Å². The van der Waals surface area contributed by atoms with Crippen molar-refractivity contribution in [2.75, 3.05) is 11.9 Å². The Hall–Kier alpha value is -0.810. The van der Waals surface area contributed by atoms with Crippen LogP contribution in [0.3, 0.4) is 0 Å². The molecule has 1 aromatic rings. The molecular formula is C14H18Cl2N2O2. The van der Waals surface area contributed by atoms with Gasteiger partial charge < -0.3 is 10.2 Å². The quantitative estimate of drug-likeness (QED) is 0.834. The van der Waals surface area contributed by atoms with E-state index in [9.17, 15) is 4.79 Å². The molecule has 0 heterocycles. The minimum absolute atomic E-state index is 0.00913. The molecule has 0 spiro atoms. The third-order valence-electron chi connectivity index (χ3n) is 3.74. The Kier molecular flexibility index (Phi) is 5.66. The molecule has 0 aromatic heterocycles. The number of hydrogen-bond acceptors (Lipinski definition) is 3. The second-order valence-corrected chi connectivity index (χ2v) is 5.92. The lowest BCUT2D eigenvalue weighted by molar-refractivity contribution is -0.123. The average molecular weight is 317 g/mol. The van der Waals surface area contributed by atoms with Gasteiger partial charge in [-0.1, -0.05) is 36.0 Å². The number of halogens is 2. The maximum absolute atomic E-state index is 12.4. The summed E-state index contributed by atoms with van der Waals surface area (Å²) in [6.45, 7) is 0.416. The Balaban J connectivity index is 2.03. The lowest BCUT2D eigenvalue weighted by Gasteiger charge is -2.29. The van der Waals surface area contributed by atoms with Crippen LogP contribution >= 0.6 is 23.2 Å². The van der Waals surface area contributed by atoms with Gasteiger partial charge in [0.1, 0.15) is 0 Å². The fraction of sp³-hybridized carbons (Fsp3) is 0.500. The van der Waals surface area contributed by atoms with Crippen molar-refractivity contribution >= 4 is 34.8 Å². The molecule has 2 rings (SSSR count). The van der Waals surface area contributed by atoms with E-state index in [0.717, 1.165) is 25.7 Å². The first kappa shape index (κ1) is 15.6. The van der Waals surface area contributed by atoms with Gasteiger partial charge in [-0.2, -0.15) is 0 Å². The summed E-state index contributed by atoms with van der Waals surface area (Å²) in [7, 11) is 0. The molecule has 1 amide bonds. The zero-order chi connectivity index (χ0) is 14.5. The third kappa shape index (κ3) is 3.85. The fourth-order valence-corrected chi connectivity index (χ4v) is 2.98. The predicted molar refractivity (Wildman–Crippen MR) is 80.7 cm³/mol. The lowest BCUT2D eigenvalue weighted by atomic mass is 9.79. The second-order valence-electron chi connectivity index (χ2n) is 5.10. The van der Waals surface area contributed by atoms with E-state index in [4.69, 9.17) is 33.9 Å². The van der Waals surface area contributed by atoms with Crippen molar-refractivity contribution in [2.24, 2.45) is 17.7 Å². The first-order chi connectivity index (χ1) is 9.61. The monoisotopic (exact) mass is 316 g/mol. The average Bonchev–Trinajstić information content (AvgIpc) is 2.44. The number of rotatable bonds is 4. The van der Waals surface area contributed by atoms with Crippen molar-refractivity contribution < 1.29 is 9.63 Å². The molecule has 1 aliphatic carbocycles. The zero-order valence-corrected chi connectivity index (χ0v) is 12.6. The molecule has 4 nitrogen and oxygen atoms in total. The molecule has 110 valence electrons. The highest BCUT2D eigenvalue weighted by molar-refractivity contribution is 6.42. The van der Waals surface area contributed by atoms with Crippen LogP contribution in [0.25, 0.3) is 0 Å². The highest BCUT2D eigenvalue weighted by Gasteiger charge is 2.31. The van der Waals surface area contributed by atoms with Gasteiger partial charge in [0.2, 0.25) is 5.91 Å². The summed E-state index contributed by atoms with van der Waals surface area (Å²) in [5.74, 6) is 5.25. The van der Waals surface area contributed by atoms with Gasteiger partial charge in [0.05, 0.1) is 16.7 Å². The highest BCUT2D eigenvalue weighted by atomic mass is 35.5. The number of amides is 1. The van der Waals surface area contributed by atoms with E-state index in [1.54, 1.807) is 18.2 Å². The van der Waals surface area contributed by atoms with Gasteiger partial charge in [-0.15, -0.1) is 0 Å². The molecule has 1 aromatic carbocycles. The van der Waals surface area contributed by atoms with Crippen molar-refractivity contribution in [3.05, 3.63) is 28.2 Å². The van der Waals surface area contributed by atoms with Crippen LogP contribution in [0, 0.1) is 11.8 Å². The molecule has 2 atom stereocenters. The summed E-state index contributed by atoms with van der Waals surface area (Å²) < 4.78 is 0. The van der Waals surface area contributed by atoms with Gasteiger partial charge in [0.15, 0.2) is 0 Å². The van der Waals surface area contributed by atoms with Crippen molar-refractivity contribution in [3.8, 4) is 0 Å². The molecule has 1 aliphatic rings. The number of hydrogen-bond donors (Lipinski definition) is 2. The van der Waals surface area contributed by atoms with Crippen LogP contribution in [0.1, 0.15) is 25.7 Å². The maximum atomic E-state index is 12.4. The fourth-order valence-electron chi connectivity index (χ4n) is 2.68.